The van der Waals surface area contributed by atoms with E-state index in [4.69, 9.17) is 4.98 Å². The van der Waals surface area contributed by atoms with E-state index in [1.807, 2.05) is 6.20 Å². The molecule has 0 spiro atoms. The Hall–Kier alpha value is -1.67. The van der Waals surface area contributed by atoms with Crippen LogP contribution >= 0.6 is 22.7 Å². The highest BCUT2D eigenvalue weighted by molar-refractivity contribution is 7.13. The zero-order valence-corrected chi connectivity index (χ0v) is 16.5. The summed E-state index contributed by atoms with van der Waals surface area (Å²) in [5.74, 6) is 0.836. The highest BCUT2D eigenvalue weighted by Crippen LogP contribution is 2.24. The molecule has 0 saturated carbocycles. The third-order valence-electron chi connectivity index (χ3n) is 4.11. The van der Waals surface area contributed by atoms with Crippen molar-refractivity contribution in [3.05, 3.63) is 27.2 Å². The van der Waals surface area contributed by atoms with E-state index in [1.54, 1.807) is 29.7 Å². The summed E-state index contributed by atoms with van der Waals surface area (Å²) in [6, 6.07) is 0. The quantitative estimate of drug-likeness (QED) is 0.572. The molecule has 0 bridgehead atoms. The maximum absolute atomic E-state index is 4.76. The SMILES string of the molecule is CN=C(NCCc1csc(N2CCCC2)n1)NCCc1ncc(C)s1. The molecule has 1 saturated heterocycles. The molecule has 136 valence electrons. The van der Waals surface area contributed by atoms with E-state index in [0.717, 1.165) is 55.7 Å². The fourth-order valence-corrected chi connectivity index (χ4v) is 4.50. The molecule has 0 unspecified atom stereocenters. The first-order valence-corrected chi connectivity index (χ1v) is 10.5. The van der Waals surface area contributed by atoms with Crippen molar-refractivity contribution in [1.29, 1.82) is 0 Å². The van der Waals surface area contributed by atoms with Gasteiger partial charge in [0.25, 0.3) is 0 Å². The number of thiazole rings is 2. The Kier molecular flexibility index (Phi) is 6.63. The fraction of sp³-hybridized carbons (Fsp3) is 0.588. The first-order chi connectivity index (χ1) is 12.2. The summed E-state index contributed by atoms with van der Waals surface area (Å²) in [4.78, 5) is 17.1. The topological polar surface area (TPSA) is 65.4 Å². The lowest BCUT2D eigenvalue weighted by Crippen LogP contribution is -2.39. The van der Waals surface area contributed by atoms with E-state index in [0.29, 0.717) is 0 Å². The molecule has 0 aliphatic carbocycles. The molecule has 3 rings (SSSR count). The molecule has 0 amide bonds. The van der Waals surface area contributed by atoms with Crippen molar-refractivity contribution in [3.8, 4) is 0 Å². The summed E-state index contributed by atoms with van der Waals surface area (Å²) < 4.78 is 0. The van der Waals surface area contributed by atoms with Gasteiger partial charge in [0.2, 0.25) is 0 Å². The second-order valence-corrected chi connectivity index (χ2v) is 8.26. The van der Waals surface area contributed by atoms with Gasteiger partial charge in [-0.05, 0) is 19.8 Å². The molecule has 2 aromatic rings. The number of aromatic nitrogens is 2. The molecule has 2 aromatic heterocycles. The lowest BCUT2D eigenvalue weighted by molar-refractivity contribution is 0.775. The van der Waals surface area contributed by atoms with Crippen molar-refractivity contribution in [1.82, 2.24) is 20.6 Å². The second-order valence-electron chi connectivity index (χ2n) is 6.11. The number of nitrogens with zero attached hydrogens (tertiary/aromatic N) is 4. The number of nitrogens with one attached hydrogen (secondary N) is 2. The number of anilines is 1. The van der Waals surface area contributed by atoms with Crippen LogP contribution in [0.25, 0.3) is 0 Å². The van der Waals surface area contributed by atoms with Crippen LogP contribution < -0.4 is 15.5 Å². The molecule has 0 atom stereocenters. The van der Waals surface area contributed by atoms with Gasteiger partial charge in [0.05, 0.1) is 10.7 Å². The maximum Gasteiger partial charge on any atom is 0.191 e. The van der Waals surface area contributed by atoms with Gasteiger partial charge in [-0.3, -0.25) is 4.99 Å². The molecule has 1 fully saturated rings. The molecule has 25 heavy (non-hydrogen) atoms. The van der Waals surface area contributed by atoms with Crippen molar-refractivity contribution >= 4 is 33.8 Å². The van der Waals surface area contributed by atoms with Gasteiger partial charge in [-0.25, -0.2) is 9.97 Å². The van der Waals surface area contributed by atoms with E-state index >= 15 is 0 Å². The monoisotopic (exact) mass is 378 g/mol. The molecule has 1 aliphatic heterocycles. The van der Waals surface area contributed by atoms with Crippen molar-refractivity contribution in [2.75, 3.05) is 38.1 Å². The van der Waals surface area contributed by atoms with Gasteiger partial charge >= 0.3 is 0 Å². The highest BCUT2D eigenvalue weighted by atomic mass is 32.1. The van der Waals surface area contributed by atoms with Crippen LogP contribution in [-0.2, 0) is 12.8 Å². The van der Waals surface area contributed by atoms with Gasteiger partial charge in [0.15, 0.2) is 11.1 Å². The lowest BCUT2D eigenvalue weighted by Gasteiger charge is -2.12. The Morgan fingerprint density at radius 3 is 2.68 bits per heavy atom. The van der Waals surface area contributed by atoms with E-state index in [2.05, 4.69) is 37.8 Å². The van der Waals surface area contributed by atoms with Gasteiger partial charge < -0.3 is 15.5 Å². The van der Waals surface area contributed by atoms with Crippen molar-refractivity contribution in [2.45, 2.75) is 32.6 Å². The van der Waals surface area contributed by atoms with Gasteiger partial charge in [0.1, 0.15) is 0 Å². The van der Waals surface area contributed by atoms with Crippen LogP contribution in [0.15, 0.2) is 16.6 Å². The summed E-state index contributed by atoms with van der Waals surface area (Å²) in [6.07, 6.45) is 6.34. The molecule has 6 nitrogen and oxygen atoms in total. The van der Waals surface area contributed by atoms with Gasteiger partial charge in [-0.2, -0.15) is 0 Å². The number of aryl methyl sites for hydroxylation is 1. The Morgan fingerprint density at radius 1 is 1.24 bits per heavy atom. The molecule has 2 N–H and O–H groups in total. The van der Waals surface area contributed by atoms with Gasteiger partial charge in [-0.1, -0.05) is 0 Å². The van der Waals surface area contributed by atoms with Crippen LogP contribution in [0.1, 0.15) is 28.4 Å². The third-order valence-corrected chi connectivity index (χ3v) is 6.04. The number of hydrogen-bond donors (Lipinski definition) is 2. The summed E-state index contributed by atoms with van der Waals surface area (Å²) in [5, 5.41) is 11.2. The molecule has 0 radical (unpaired) electrons. The van der Waals surface area contributed by atoms with Crippen molar-refractivity contribution < 1.29 is 0 Å². The Bertz CT molecular complexity index is 687. The number of guanidine groups is 1. The zero-order valence-electron chi connectivity index (χ0n) is 14.9. The Labute approximate surface area is 157 Å². The number of aliphatic imine (C=N–C) groups is 1. The molecular formula is C17H26N6S2. The smallest absolute Gasteiger partial charge is 0.191 e. The minimum Gasteiger partial charge on any atom is -0.356 e. The average molecular weight is 379 g/mol. The van der Waals surface area contributed by atoms with Gasteiger partial charge in [-0.15, -0.1) is 22.7 Å². The molecular weight excluding hydrogens is 352 g/mol. The predicted octanol–water partition coefficient (Wildman–Crippen LogP) is 2.46. The first kappa shape index (κ1) is 18.1. The van der Waals surface area contributed by atoms with Crippen LogP contribution in [0.2, 0.25) is 0 Å². The standard InChI is InChI=1S/C17H26N6S2/c1-13-11-21-15(25-13)6-8-20-16(18-2)19-7-5-14-12-24-17(22-14)23-9-3-4-10-23/h11-12H,3-10H2,1-2H3,(H2,18,19,20). The summed E-state index contributed by atoms with van der Waals surface area (Å²) in [5.41, 5.74) is 1.16. The minimum absolute atomic E-state index is 0.833. The van der Waals surface area contributed by atoms with Crippen LogP contribution in [0, 0.1) is 6.92 Å². The van der Waals surface area contributed by atoms with Crippen LogP contribution in [-0.4, -0.2) is 49.2 Å². The lowest BCUT2D eigenvalue weighted by atomic mass is 10.3. The highest BCUT2D eigenvalue weighted by Gasteiger charge is 2.15. The first-order valence-electron chi connectivity index (χ1n) is 8.80. The fourth-order valence-electron chi connectivity index (χ4n) is 2.80. The minimum atomic E-state index is 0.833. The van der Waals surface area contributed by atoms with Crippen LogP contribution in [0.3, 0.4) is 0 Å². The third kappa shape index (κ3) is 5.40. The Balaban J connectivity index is 1.36. The number of hydrogen-bond acceptors (Lipinski definition) is 6. The Morgan fingerprint density at radius 2 is 2.00 bits per heavy atom. The van der Waals surface area contributed by atoms with E-state index < -0.39 is 0 Å². The largest absolute Gasteiger partial charge is 0.356 e. The molecule has 3 heterocycles. The zero-order chi connectivity index (χ0) is 17.5. The average Bonchev–Trinajstić information content (AvgIpc) is 3.35. The van der Waals surface area contributed by atoms with E-state index in [1.165, 1.54) is 22.9 Å². The predicted molar refractivity (Wildman–Crippen MR) is 107 cm³/mol. The van der Waals surface area contributed by atoms with Crippen molar-refractivity contribution in [3.63, 3.8) is 0 Å². The van der Waals surface area contributed by atoms with E-state index in [9.17, 15) is 0 Å². The van der Waals surface area contributed by atoms with E-state index in [-0.39, 0.29) is 0 Å². The van der Waals surface area contributed by atoms with Crippen LogP contribution in [0.5, 0.6) is 0 Å². The molecule has 8 heteroatoms. The molecule has 0 aromatic carbocycles. The second kappa shape index (κ2) is 9.15. The van der Waals surface area contributed by atoms with Crippen molar-refractivity contribution in [2.24, 2.45) is 4.99 Å². The molecule has 1 aliphatic rings. The maximum atomic E-state index is 4.76. The summed E-state index contributed by atoms with van der Waals surface area (Å²) >= 11 is 3.51. The van der Waals surface area contributed by atoms with Gasteiger partial charge in [0, 0.05) is 62.5 Å². The summed E-state index contributed by atoms with van der Waals surface area (Å²) in [7, 11) is 1.80. The van der Waals surface area contributed by atoms with Crippen LogP contribution in [0.4, 0.5) is 5.13 Å². The normalized spacial score (nSPS) is 15.0. The number of rotatable bonds is 7. The summed E-state index contributed by atoms with van der Waals surface area (Å²) in [6.45, 7) is 6.06.